The van der Waals surface area contributed by atoms with E-state index in [-0.39, 0.29) is 5.56 Å². The highest BCUT2D eigenvalue weighted by atomic mass is 19.4. The van der Waals surface area contributed by atoms with E-state index in [1.807, 2.05) is 5.32 Å². The third kappa shape index (κ3) is 4.47. The summed E-state index contributed by atoms with van der Waals surface area (Å²) < 4.78 is 62.7. The Morgan fingerprint density at radius 1 is 1.21 bits per heavy atom. The van der Waals surface area contributed by atoms with Crippen LogP contribution in [0.25, 0.3) is 0 Å². The summed E-state index contributed by atoms with van der Waals surface area (Å²) in [6.07, 6.45) is -4.60. The van der Waals surface area contributed by atoms with Gasteiger partial charge in [-0.15, -0.1) is 0 Å². The van der Waals surface area contributed by atoms with Crippen molar-refractivity contribution in [2.45, 2.75) is 12.1 Å². The van der Waals surface area contributed by atoms with Gasteiger partial charge in [-0.2, -0.15) is 13.2 Å². The molecule has 0 bridgehead atoms. The molecule has 0 saturated carbocycles. The molecule has 0 aliphatic heterocycles. The van der Waals surface area contributed by atoms with Crippen LogP contribution in [0.3, 0.4) is 0 Å². The molecule has 0 saturated heterocycles. The lowest BCUT2D eigenvalue weighted by atomic mass is 10.1. The molecule has 0 aliphatic rings. The summed E-state index contributed by atoms with van der Waals surface area (Å²) in [5.41, 5.74) is 3.40. The van der Waals surface area contributed by atoms with E-state index in [2.05, 4.69) is 0 Å². The van der Waals surface area contributed by atoms with Crippen LogP contribution in [0.4, 0.5) is 22.0 Å². The first-order valence-corrected chi connectivity index (χ1v) is 5.19. The molecular formula is C11H11F5N2O. The van der Waals surface area contributed by atoms with Crippen LogP contribution in [-0.4, -0.2) is 24.9 Å². The van der Waals surface area contributed by atoms with E-state index >= 15 is 0 Å². The van der Waals surface area contributed by atoms with Gasteiger partial charge in [-0.1, -0.05) is 6.07 Å². The average Bonchev–Trinajstić information content (AvgIpc) is 2.35. The molecule has 1 amide bonds. The molecule has 0 spiro atoms. The van der Waals surface area contributed by atoms with Crippen LogP contribution >= 0.6 is 0 Å². The van der Waals surface area contributed by atoms with Crippen LogP contribution in [0.1, 0.15) is 15.9 Å². The van der Waals surface area contributed by atoms with Gasteiger partial charge in [-0.25, -0.2) is 8.78 Å². The normalized spacial score (nSPS) is 12.3. The number of nitrogens with one attached hydrogen (secondary N) is 1. The number of benzene rings is 1. The molecule has 0 aromatic heterocycles. The van der Waals surface area contributed by atoms with Gasteiger partial charge in [0.15, 0.2) is 0 Å². The minimum Gasteiger partial charge on any atom is -0.346 e. The highest BCUT2D eigenvalue weighted by Crippen LogP contribution is 2.29. The smallest absolute Gasteiger partial charge is 0.346 e. The number of carbonyl (C=O) groups excluding carboxylic acids is 1. The Balaban J connectivity index is 2.78. The predicted octanol–water partition coefficient (Wildman–Crippen LogP) is 2.03. The van der Waals surface area contributed by atoms with Gasteiger partial charge in [0.25, 0.3) is 11.8 Å². The lowest BCUT2D eigenvalue weighted by Crippen LogP contribution is -2.41. The van der Waals surface area contributed by atoms with Crippen molar-refractivity contribution in [3.05, 3.63) is 35.4 Å². The molecule has 106 valence electrons. The van der Waals surface area contributed by atoms with Crippen molar-refractivity contribution in [2.75, 3.05) is 13.1 Å². The summed E-state index contributed by atoms with van der Waals surface area (Å²) in [5.74, 6) is -4.31. The fraction of sp³-hybridized carbons (Fsp3) is 0.364. The average molecular weight is 282 g/mol. The number of rotatable bonds is 4. The van der Waals surface area contributed by atoms with Gasteiger partial charge in [0.2, 0.25) is 0 Å². The number of hydrogen-bond acceptors (Lipinski definition) is 2. The van der Waals surface area contributed by atoms with Gasteiger partial charge < -0.3 is 11.1 Å². The summed E-state index contributed by atoms with van der Waals surface area (Å²) in [6, 6.07) is 3.51. The number of alkyl halides is 5. The van der Waals surface area contributed by atoms with E-state index in [1.165, 1.54) is 0 Å². The number of hydrogen-bond donors (Lipinski definition) is 2. The van der Waals surface area contributed by atoms with Crippen molar-refractivity contribution in [3.63, 3.8) is 0 Å². The molecule has 0 heterocycles. The molecule has 0 radical (unpaired) electrons. The Morgan fingerprint density at radius 3 is 2.37 bits per heavy atom. The second kappa shape index (κ2) is 5.52. The number of amides is 1. The van der Waals surface area contributed by atoms with Crippen LogP contribution in [-0.2, 0) is 6.18 Å². The van der Waals surface area contributed by atoms with Crippen molar-refractivity contribution in [2.24, 2.45) is 5.73 Å². The third-order valence-corrected chi connectivity index (χ3v) is 2.26. The van der Waals surface area contributed by atoms with Gasteiger partial charge in [0, 0.05) is 5.56 Å². The van der Waals surface area contributed by atoms with E-state index in [4.69, 9.17) is 5.73 Å². The largest absolute Gasteiger partial charge is 0.416 e. The fourth-order valence-electron chi connectivity index (χ4n) is 1.22. The molecule has 1 aromatic carbocycles. The van der Waals surface area contributed by atoms with E-state index < -0.39 is 36.7 Å². The fourth-order valence-corrected chi connectivity index (χ4v) is 1.22. The Morgan fingerprint density at radius 2 is 1.84 bits per heavy atom. The second-order valence-electron chi connectivity index (χ2n) is 3.82. The first kappa shape index (κ1) is 15.4. The van der Waals surface area contributed by atoms with Crippen molar-refractivity contribution in [1.29, 1.82) is 0 Å². The van der Waals surface area contributed by atoms with Gasteiger partial charge >= 0.3 is 6.18 Å². The van der Waals surface area contributed by atoms with Gasteiger partial charge in [-0.05, 0) is 18.2 Å². The van der Waals surface area contributed by atoms with E-state index in [9.17, 15) is 26.7 Å². The molecule has 0 atom stereocenters. The first-order chi connectivity index (χ1) is 8.65. The topological polar surface area (TPSA) is 55.1 Å². The summed E-state index contributed by atoms with van der Waals surface area (Å²) in [6.45, 7) is -1.99. The summed E-state index contributed by atoms with van der Waals surface area (Å²) >= 11 is 0. The maximum Gasteiger partial charge on any atom is 0.416 e. The summed E-state index contributed by atoms with van der Waals surface area (Å²) in [4.78, 5) is 11.4. The Bertz CT molecular complexity index is 459. The zero-order valence-electron chi connectivity index (χ0n) is 9.60. The van der Waals surface area contributed by atoms with Crippen LogP contribution in [0.15, 0.2) is 24.3 Å². The summed E-state index contributed by atoms with van der Waals surface area (Å²) in [7, 11) is 0. The van der Waals surface area contributed by atoms with Crippen molar-refractivity contribution in [3.8, 4) is 0 Å². The third-order valence-electron chi connectivity index (χ3n) is 2.26. The van der Waals surface area contributed by atoms with Crippen molar-refractivity contribution >= 4 is 5.91 Å². The zero-order chi connectivity index (χ0) is 14.7. The van der Waals surface area contributed by atoms with Crippen molar-refractivity contribution < 1.29 is 26.7 Å². The molecule has 19 heavy (non-hydrogen) atoms. The number of halogens is 5. The standard InChI is InChI=1S/C11H11F5N2O/c12-10(13,5-17)6-18-9(19)7-2-1-3-8(4-7)11(14,15)16/h1-4H,5-6,17H2,(H,18,19). The van der Waals surface area contributed by atoms with Crippen LogP contribution < -0.4 is 11.1 Å². The van der Waals surface area contributed by atoms with E-state index in [0.29, 0.717) is 6.07 Å². The first-order valence-electron chi connectivity index (χ1n) is 5.19. The molecular weight excluding hydrogens is 271 g/mol. The Labute approximate surface area is 105 Å². The van der Waals surface area contributed by atoms with Crippen molar-refractivity contribution in [1.82, 2.24) is 5.32 Å². The Hall–Kier alpha value is -1.70. The van der Waals surface area contributed by atoms with Crippen LogP contribution in [0, 0.1) is 0 Å². The minimum absolute atomic E-state index is 0.345. The highest BCUT2D eigenvalue weighted by molar-refractivity contribution is 5.94. The monoisotopic (exact) mass is 282 g/mol. The van der Waals surface area contributed by atoms with Gasteiger partial charge in [0.1, 0.15) is 0 Å². The molecule has 1 rings (SSSR count). The minimum atomic E-state index is -4.60. The maximum atomic E-state index is 12.8. The second-order valence-corrected chi connectivity index (χ2v) is 3.82. The lowest BCUT2D eigenvalue weighted by molar-refractivity contribution is -0.137. The van der Waals surface area contributed by atoms with Crippen LogP contribution in [0.5, 0.6) is 0 Å². The van der Waals surface area contributed by atoms with E-state index in [0.717, 1.165) is 18.2 Å². The molecule has 8 heteroatoms. The lowest BCUT2D eigenvalue weighted by Gasteiger charge is -2.15. The maximum absolute atomic E-state index is 12.8. The highest BCUT2D eigenvalue weighted by Gasteiger charge is 2.31. The predicted molar refractivity (Wildman–Crippen MR) is 57.8 cm³/mol. The molecule has 1 aromatic rings. The summed E-state index contributed by atoms with van der Waals surface area (Å²) in [5, 5.41) is 1.83. The molecule has 0 aliphatic carbocycles. The SMILES string of the molecule is NCC(F)(F)CNC(=O)c1cccc(C(F)(F)F)c1. The van der Waals surface area contributed by atoms with Crippen LogP contribution in [0.2, 0.25) is 0 Å². The van der Waals surface area contributed by atoms with Gasteiger partial charge in [0.05, 0.1) is 18.7 Å². The van der Waals surface area contributed by atoms with E-state index in [1.54, 1.807) is 0 Å². The molecule has 3 nitrogen and oxygen atoms in total. The molecule has 3 N–H and O–H groups in total. The Kier molecular flexibility index (Phi) is 4.46. The number of carbonyl (C=O) groups is 1. The number of nitrogens with two attached hydrogens (primary N) is 1. The zero-order valence-corrected chi connectivity index (χ0v) is 9.60. The molecule has 0 unspecified atom stereocenters. The quantitative estimate of drug-likeness (QED) is 0.830. The van der Waals surface area contributed by atoms with Gasteiger partial charge in [-0.3, -0.25) is 4.79 Å². The molecule has 0 fully saturated rings.